The van der Waals surface area contributed by atoms with Gasteiger partial charge in [0.2, 0.25) is 5.91 Å². The second kappa shape index (κ2) is 8.18. The number of piperidine rings is 1. The summed E-state index contributed by atoms with van der Waals surface area (Å²) in [5.74, 6) is 0.237. The van der Waals surface area contributed by atoms with Crippen LogP contribution < -0.4 is 0 Å². The number of hydrogen-bond donors (Lipinski definition) is 0. The van der Waals surface area contributed by atoms with Crippen LogP contribution in [0.15, 0.2) is 42.0 Å². The topological polar surface area (TPSA) is 23.6 Å². The van der Waals surface area contributed by atoms with E-state index in [9.17, 15) is 4.79 Å². The number of allylic oxidation sites excluding steroid dienone is 1. The highest BCUT2D eigenvalue weighted by molar-refractivity contribution is 5.92. The molecule has 1 amide bonds. The van der Waals surface area contributed by atoms with Gasteiger partial charge in [0.05, 0.1) is 0 Å². The number of nitrogens with zero attached hydrogens (tertiary/aromatic N) is 2. The van der Waals surface area contributed by atoms with Crippen molar-refractivity contribution in [3.05, 3.63) is 47.5 Å². The third-order valence-electron chi connectivity index (χ3n) is 6.02. The second-order valence-electron chi connectivity index (χ2n) is 7.92. The van der Waals surface area contributed by atoms with E-state index in [2.05, 4.69) is 40.1 Å². The van der Waals surface area contributed by atoms with Crippen LogP contribution in [-0.2, 0) is 11.2 Å². The molecule has 3 rings (SSSR count). The van der Waals surface area contributed by atoms with Gasteiger partial charge in [-0.3, -0.25) is 4.79 Å². The van der Waals surface area contributed by atoms with E-state index in [-0.39, 0.29) is 5.91 Å². The SMILES string of the molecule is C/C=C(\C)C(=O)N1CCC2(CCCN(CCCc3ccccc3)C2)C1. The molecule has 1 spiro atoms. The Morgan fingerprint density at radius 2 is 1.96 bits per heavy atom. The van der Waals surface area contributed by atoms with Gasteiger partial charge >= 0.3 is 0 Å². The Balaban J connectivity index is 1.50. The molecule has 0 radical (unpaired) electrons. The van der Waals surface area contributed by atoms with Crippen molar-refractivity contribution in [3.8, 4) is 0 Å². The van der Waals surface area contributed by atoms with Crippen LogP contribution in [0.25, 0.3) is 0 Å². The maximum Gasteiger partial charge on any atom is 0.249 e. The Labute approximate surface area is 152 Å². The van der Waals surface area contributed by atoms with Crippen LogP contribution in [0.5, 0.6) is 0 Å². The molecule has 0 aliphatic carbocycles. The van der Waals surface area contributed by atoms with E-state index in [4.69, 9.17) is 0 Å². The van der Waals surface area contributed by atoms with Crippen molar-refractivity contribution in [1.82, 2.24) is 9.80 Å². The molecular formula is C22H32N2O. The smallest absolute Gasteiger partial charge is 0.249 e. The van der Waals surface area contributed by atoms with Crippen LogP contribution >= 0.6 is 0 Å². The van der Waals surface area contributed by atoms with Crippen LogP contribution in [0, 0.1) is 5.41 Å². The predicted octanol–water partition coefficient (Wildman–Crippen LogP) is 3.90. The molecule has 25 heavy (non-hydrogen) atoms. The van der Waals surface area contributed by atoms with Gasteiger partial charge in [-0.25, -0.2) is 0 Å². The van der Waals surface area contributed by atoms with E-state index in [1.807, 2.05) is 19.9 Å². The maximum absolute atomic E-state index is 12.5. The number of carbonyl (C=O) groups is 1. The number of rotatable bonds is 5. The van der Waals surface area contributed by atoms with Gasteiger partial charge in [0.15, 0.2) is 0 Å². The number of amides is 1. The second-order valence-corrected chi connectivity index (χ2v) is 7.92. The molecular weight excluding hydrogens is 308 g/mol. The van der Waals surface area contributed by atoms with Gasteiger partial charge in [0.1, 0.15) is 0 Å². The molecule has 0 N–H and O–H groups in total. The summed E-state index contributed by atoms with van der Waals surface area (Å²) in [4.78, 5) is 17.2. The third kappa shape index (κ3) is 4.52. The summed E-state index contributed by atoms with van der Waals surface area (Å²) in [6.07, 6.45) is 8.04. The molecule has 0 saturated carbocycles. The molecule has 1 aromatic rings. The fraction of sp³-hybridized carbons (Fsp3) is 0.591. The quantitative estimate of drug-likeness (QED) is 0.759. The van der Waals surface area contributed by atoms with E-state index in [0.29, 0.717) is 5.41 Å². The molecule has 2 aliphatic rings. The average molecular weight is 341 g/mol. The summed E-state index contributed by atoms with van der Waals surface area (Å²) in [5, 5.41) is 0. The van der Waals surface area contributed by atoms with E-state index in [1.54, 1.807) is 0 Å². The van der Waals surface area contributed by atoms with Gasteiger partial charge < -0.3 is 9.80 Å². The predicted molar refractivity (Wildman–Crippen MR) is 103 cm³/mol. The van der Waals surface area contributed by atoms with Crippen molar-refractivity contribution in [1.29, 1.82) is 0 Å². The first-order valence-electron chi connectivity index (χ1n) is 9.80. The summed E-state index contributed by atoms with van der Waals surface area (Å²) in [6.45, 7) is 9.34. The summed E-state index contributed by atoms with van der Waals surface area (Å²) in [5.41, 5.74) is 2.66. The van der Waals surface area contributed by atoms with Gasteiger partial charge in [0, 0.05) is 30.6 Å². The van der Waals surface area contributed by atoms with Gasteiger partial charge in [-0.15, -0.1) is 0 Å². The number of likely N-dealkylation sites (tertiary alicyclic amines) is 2. The Hall–Kier alpha value is -1.61. The highest BCUT2D eigenvalue weighted by Crippen LogP contribution is 2.39. The number of benzene rings is 1. The maximum atomic E-state index is 12.5. The lowest BCUT2D eigenvalue weighted by atomic mass is 9.79. The lowest BCUT2D eigenvalue weighted by Crippen LogP contribution is -2.45. The normalized spacial score (nSPS) is 24.9. The summed E-state index contributed by atoms with van der Waals surface area (Å²) in [6, 6.07) is 10.8. The van der Waals surface area contributed by atoms with E-state index >= 15 is 0 Å². The van der Waals surface area contributed by atoms with Crippen molar-refractivity contribution in [2.24, 2.45) is 5.41 Å². The Kier molecular flexibility index (Phi) is 5.95. The molecule has 136 valence electrons. The van der Waals surface area contributed by atoms with E-state index in [0.717, 1.165) is 25.1 Å². The Morgan fingerprint density at radius 3 is 2.72 bits per heavy atom. The van der Waals surface area contributed by atoms with Crippen molar-refractivity contribution in [2.45, 2.75) is 46.0 Å². The molecule has 0 bridgehead atoms. The summed E-state index contributed by atoms with van der Waals surface area (Å²) >= 11 is 0. The van der Waals surface area contributed by atoms with Crippen LogP contribution in [0.1, 0.15) is 45.1 Å². The van der Waals surface area contributed by atoms with E-state index < -0.39 is 0 Å². The molecule has 1 aromatic carbocycles. The van der Waals surface area contributed by atoms with Crippen LogP contribution in [-0.4, -0.2) is 48.4 Å². The standard InChI is InChI=1S/C22H32N2O/c1-3-19(2)21(25)24-16-13-22(18-24)12-8-15-23(17-22)14-7-11-20-9-5-4-6-10-20/h3-6,9-10H,7-8,11-18H2,1-2H3/b19-3+. The minimum Gasteiger partial charge on any atom is -0.338 e. The summed E-state index contributed by atoms with van der Waals surface area (Å²) in [7, 11) is 0. The van der Waals surface area contributed by atoms with E-state index in [1.165, 1.54) is 50.9 Å². The molecule has 2 heterocycles. The lowest BCUT2D eigenvalue weighted by molar-refractivity contribution is -0.126. The summed E-state index contributed by atoms with van der Waals surface area (Å²) < 4.78 is 0. The van der Waals surface area contributed by atoms with Gasteiger partial charge in [-0.2, -0.15) is 0 Å². The first-order valence-corrected chi connectivity index (χ1v) is 9.80. The van der Waals surface area contributed by atoms with Crippen molar-refractivity contribution < 1.29 is 4.79 Å². The fourth-order valence-corrected chi connectivity index (χ4v) is 4.47. The van der Waals surface area contributed by atoms with Crippen LogP contribution in [0.2, 0.25) is 0 Å². The molecule has 0 aromatic heterocycles. The third-order valence-corrected chi connectivity index (χ3v) is 6.02. The average Bonchev–Trinajstić information content (AvgIpc) is 3.04. The first-order chi connectivity index (χ1) is 12.1. The first kappa shape index (κ1) is 18.2. The van der Waals surface area contributed by atoms with Gasteiger partial charge in [-0.1, -0.05) is 36.4 Å². The number of carbonyl (C=O) groups excluding carboxylic acids is 1. The number of aryl methyl sites for hydroxylation is 1. The zero-order valence-corrected chi connectivity index (χ0v) is 15.8. The molecule has 2 aliphatic heterocycles. The monoisotopic (exact) mass is 340 g/mol. The Bertz CT molecular complexity index is 610. The van der Waals surface area contributed by atoms with Crippen molar-refractivity contribution in [3.63, 3.8) is 0 Å². The minimum atomic E-state index is 0.237. The molecule has 2 fully saturated rings. The zero-order valence-electron chi connectivity index (χ0n) is 15.8. The minimum absolute atomic E-state index is 0.237. The van der Waals surface area contributed by atoms with Gasteiger partial charge in [0.25, 0.3) is 0 Å². The molecule has 3 heteroatoms. The van der Waals surface area contributed by atoms with Crippen molar-refractivity contribution in [2.75, 3.05) is 32.7 Å². The highest BCUT2D eigenvalue weighted by Gasteiger charge is 2.42. The fourth-order valence-electron chi connectivity index (χ4n) is 4.47. The number of hydrogen-bond acceptors (Lipinski definition) is 2. The Morgan fingerprint density at radius 1 is 1.16 bits per heavy atom. The molecule has 3 nitrogen and oxygen atoms in total. The van der Waals surface area contributed by atoms with Crippen molar-refractivity contribution >= 4 is 5.91 Å². The molecule has 2 saturated heterocycles. The molecule has 1 atom stereocenters. The highest BCUT2D eigenvalue weighted by atomic mass is 16.2. The largest absolute Gasteiger partial charge is 0.338 e. The lowest BCUT2D eigenvalue weighted by Gasteiger charge is -2.40. The van der Waals surface area contributed by atoms with Crippen LogP contribution in [0.3, 0.4) is 0 Å². The van der Waals surface area contributed by atoms with Crippen LogP contribution in [0.4, 0.5) is 0 Å². The van der Waals surface area contributed by atoms with Gasteiger partial charge in [-0.05, 0) is 64.6 Å². The molecule has 1 unspecified atom stereocenters. The zero-order chi connectivity index (χ0) is 17.7.